The van der Waals surface area contributed by atoms with E-state index in [2.05, 4.69) is 41.6 Å². The summed E-state index contributed by atoms with van der Waals surface area (Å²) in [7, 11) is 1.50. The zero-order valence-electron chi connectivity index (χ0n) is 12.0. The minimum Gasteiger partial charge on any atom is -0.370 e. The van der Waals surface area contributed by atoms with Crippen molar-refractivity contribution in [1.29, 1.82) is 0 Å². The Kier molecular flexibility index (Phi) is 6.73. The van der Waals surface area contributed by atoms with E-state index in [-0.39, 0.29) is 0 Å². The van der Waals surface area contributed by atoms with Crippen LogP contribution in [0.25, 0.3) is 0 Å². The maximum absolute atomic E-state index is 4.58. The van der Waals surface area contributed by atoms with Gasteiger partial charge in [0.1, 0.15) is 0 Å². The maximum Gasteiger partial charge on any atom is 0.0552 e. The van der Waals surface area contributed by atoms with Crippen LogP contribution in [-0.4, -0.2) is 25.1 Å². The Hall–Kier alpha value is -1.09. The molecule has 2 heterocycles. The van der Waals surface area contributed by atoms with Crippen molar-refractivity contribution in [1.82, 2.24) is 4.98 Å². The number of nitrogens with two attached hydrogens (primary N) is 1. The van der Waals surface area contributed by atoms with Gasteiger partial charge in [0.25, 0.3) is 0 Å². The second-order valence-corrected chi connectivity index (χ2v) is 4.80. The zero-order valence-corrected chi connectivity index (χ0v) is 12.0. The second kappa shape index (κ2) is 8.09. The summed E-state index contributed by atoms with van der Waals surface area (Å²) in [4.78, 5) is 7.04. The third-order valence-electron chi connectivity index (χ3n) is 3.61. The molecule has 1 saturated heterocycles. The number of nitrogens with zero attached hydrogens (tertiary/aromatic N) is 2. The lowest BCUT2D eigenvalue weighted by atomic mass is 10.0. The Labute approximate surface area is 111 Å². The maximum atomic E-state index is 4.58. The van der Waals surface area contributed by atoms with Crippen LogP contribution in [0.5, 0.6) is 0 Å². The summed E-state index contributed by atoms with van der Waals surface area (Å²) < 4.78 is 0. The molecule has 0 saturated carbocycles. The van der Waals surface area contributed by atoms with E-state index in [1.165, 1.54) is 50.8 Å². The van der Waals surface area contributed by atoms with Gasteiger partial charge in [-0.25, -0.2) is 0 Å². The third-order valence-corrected chi connectivity index (χ3v) is 3.61. The number of pyridine rings is 1. The van der Waals surface area contributed by atoms with Crippen LogP contribution in [0.1, 0.15) is 51.1 Å². The standard InChI is InChI=1S/C14H22N2.CH5N/c1-3-12(2)14-8-7-13(11-15-14)16-9-5-4-6-10-16;1-2/h7-8,11-12H,3-6,9-10H2,1-2H3;2H2,1H3. The Morgan fingerprint density at radius 1 is 1.22 bits per heavy atom. The first kappa shape index (κ1) is 15.0. The molecule has 0 bridgehead atoms. The first-order chi connectivity index (χ1) is 8.81. The molecule has 1 fully saturated rings. The van der Waals surface area contributed by atoms with Gasteiger partial charge in [-0.3, -0.25) is 4.98 Å². The van der Waals surface area contributed by atoms with E-state index in [0.29, 0.717) is 5.92 Å². The summed E-state index contributed by atoms with van der Waals surface area (Å²) in [5.41, 5.74) is 7.02. The quantitative estimate of drug-likeness (QED) is 0.894. The highest BCUT2D eigenvalue weighted by Gasteiger charge is 2.11. The van der Waals surface area contributed by atoms with Crippen molar-refractivity contribution in [2.45, 2.75) is 45.4 Å². The van der Waals surface area contributed by atoms with Gasteiger partial charge in [-0.1, -0.05) is 13.8 Å². The summed E-state index contributed by atoms with van der Waals surface area (Å²) in [5, 5.41) is 0. The van der Waals surface area contributed by atoms with Gasteiger partial charge in [-0.15, -0.1) is 0 Å². The molecule has 1 aromatic rings. The van der Waals surface area contributed by atoms with Crippen LogP contribution in [0.4, 0.5) is 5.69 Å². The van der Waals surface area contributed by atoms with Crippen molar-refractivity contribution in [2.75, 3.05) is 25.0 Å². The summed E-state index contributed by atoms with van der Waals surface area (Å²) in [6.07, 6.45) is 7.25. The van der Waals surface area contributed by atoms with Crippen molar-refractivity contribution in [3.8, 4) is 0 Å². The van der Waals surface area contributed by atoms with Gasteiger partial charge in [0.2, 0.25) is 0 Å². The van der Waals surface area contributed by atoms with E-state index in [0.717, 1.165) is 6.42 Å². The van der Waals surface area contributed by atoms with Crippen molar-refractivity contribution in [3.63, 3.8) is 0 Å². The Bertz CT molecular complexity index is 315. The van der Waals surface area contributed by atoms with E-state index in [1.54, 1.807) is 0 Å². The molecule has 0 aromatic carbocycles. The van der Waals surface area contributed by atoms with E-state index in [9.17, 15) is 0 Å². The number of rotatable bonds is 3. The Balaban J connectivity index is 0.000000771. The molecule has 0 aliphatic carbocycles. The molecule has 1 aliphatic rings. The van der Waals surface area contributed by atoms with Crippen molar-refractivity contribution in [3.05, 3.63) is 24.0 Å². The Morgan fingerprint density at radius 2 is 1.89 bits per heavy atom. The molecule has 0 radical (unpaired) electrons. The molecule has 2 rings (SSSR count). The third kappa shape index (κ3) is 3.98. The normalized spacial score (nSPS) is 16.8. The molecule has 1 aliphatic heterocycles. The van der Waals surface area contributed by atoms with E-state index >= 15 is 0 Å². The average molecular weight is 249 g/mol. The molecule has 18 heavy (non-hydrogen) atoms. The highest BCUT2D eigenvalue weighted by molar-refractivity contribution is 5.45. The lowest BCUT2D eigenvalue weighted by Gasteiger charge is -2.28. The van der Waals surface area contributed by atoms with Crippen LogP contribution in [0.3, 0.4) is 0 Å². The summed E-state index contributed by atoms with van der Waals surface area (Å²) in [5.74, 6) is 0.579. The summed E-state index contributed by atoms with van der Waals surface area (Å²) in [6.45, 7) is 6.85. The molecular formula is C15H27N3. The van der Waals surface area contributed by atoms with Gasteiger partial charge in [-0.2, -0.15) is 0 Å². The van der Waals surface area contributed by atoms with E-state index in [1.807, 2.05) is 6.20 Å². The fraction of sp³-hybridized carbons (Fsp3) is 0.667. The molecule has 102 valence electrons. The SMILES string of the molecule is CCC(C)c1ccc(N2CCCCC2)cn1.CN. The first-order valence-corrected chi connectivity index (χ1v) is 7.10. The summed E-state index contributed by atoms with van der Waals surface area (Å²) >= 11 is 0. The molecule has 1 unspecified atom stereocenters. The fourth-order valence-corrected chi connectivity index (χ4v) is 2.24. The molecule has 0 spiro atoms. The topological polar surface area (TPSA) is 42.2 Å². The molecule has 2 N–H and O–H groups in total. The van der Waals surface area contributed by atoms with Gasteiger partial charge in [0.15, 0.2) is 0 Å². The fourth-order valence-electron chi connectivity index (χ4n) is 2.24. The molecule has 1 aromatic heterocycles. The number of piperidine rings is 1. The van der Waals surface area contributed by atoms with Crippen molar-refractivity contribution >= 4 is 5.69 Å². The van der Waals surface area contributed by atoms with Gasteiger partial charge < -0.3 is 10.6 Å². The lowest BCUT2D eigenvalue weighted by molar-refractivity contribution is 0.577. The minimum absolute atomic E-state index is 0.579. The van der Waals surface area contributed by atoms with Gasteiger partial charge >= 0.3 is 0 Å². The predicted molar refractivity (Wildman–Crippen MR) is 79.1 cm³/mol. The van der Waals surface area contributed by atoms with E-state index < -0.39 is 0 Å². The number of hydrogen-bond donors (Lipinski definition) is 1. The number of aromatic nitrogens is 1. The molecule has 3 heteroatoms. The average Bonchev–Trinajstić information content (AvgIpc) is 2.49. The highest BCUT2D eigenvalue weighted by atomic mass is 15.1. The highest BCUT2D eigenvalue weighted by Crippen LogP contribution is 2.22. The van der Waals surface area contributed by atoms with Gasteiger partial charge in [-0.05, 0) is 50.8 Å². The Morgan fingerprint density at radius 3 is 2.39 bits per heavy atom. The molecular weight excluding hydrogens is 222 g/mol. The number of anilines is 1. The van der Waals surface area contributed by atoms with Crippen molar-refractivity contribution in [2.24, 2.45) is 5.73 Å². The van der Waals surface area contributed by atoms with Crippen LogP contribution < -0.4 is 10.6 Å². The first-order valence-electron chi connectivity index (χ1n) is 7.10. The molecule has 1 atom stereocenters. The summed E-state index contributed by atoms with van der Waals surface area (Å²) in [6, 6.07) is 4.43. The van der Waals surface area contributed by atoms with E-state index in [4.69, 9.17) is 0 Å². The van der Waals surface area contributed by atoms with Crippen LogP contribution in [0.15, 0.2) is 18.3 Å². The molecule has 3 nitrogen and oxygen atoms in total. The lowest BCUT2D eigenvalue weighted by Crippen LogP contribution is -2.29. The van der Waals surface area contributed by atoms with Gasteiger partial charge in [0.05, 0.1) is 11.9 Å². The zero-order chi connectivity index (χ0) is 13.4. The monoisotopic (exact) mass is 249 g/mol. The predicted octanol–water partition coefficient (Wildman–Crippen LogP) is 3.16. The smallest absolute Gasteiger partial charge is 0.0552 e. The van der Waals surface area contributed by atoms with Crippen LogP contribution in [-0.2, 0) is 0 Å². The largest absolute Gasteiger partial charge is 0.370 e. The minimum atomic E-state index is 0.579. The van der Waals surface area contributed by atoms with Crippen molar-refractivity contribution < 1.29 is 0 Å². The van der Waals surface area contributed by atoms with Crippen LogP contribution in [0, 0.1) is 0 Å². The van der Waals surface area contributed by atoms with Crippen LogP contribution >= 0.6 is 0 Å². The second-order valence-electron chi connectivity index (χ2n) is 4.80. The number of hydrogen-bond acceptors (Lipinski definition) is 3. The molecule has 0 amide bonds. The van der Waals surface area contributed by atoms with Gasteiger partial charge in [0, 0.05) is 18.8 Å². The van der Waals surface area contributed by atoms with Crippen LogP contribution in [0.2, 0.25) is 0 Å².